The average molecular weight is 523 g/mol. The van der Waals surface area contributed by atoms with Crippen LogP contribution in [0.25, 0.3) is 0 Å². The molecule has 1 fully saturated rings. The van der Waals surface area contributed by atoms with Crippen LogP contribution in [0.1, 0.15) is 28.5 Å². The lowest BCUT2D eigenvalue weighted by molar-refractivity contribution is -0.192. The number of aromatic carboxylic acids is 1. The highest BCUT2D eigenvalue weighted by Gasteiger charge is 2.38. The molecule has 3 heterocycles. The molecule has 1 unspecified atom stereocenters. The predicted octanol–water partition coefficient (Wildman–Crippen LogP) is 2.60. The molecule has 0 radical (unpaired) electrons. The molecule has 1 atom stereocenters. The molecule has 13 nitrogen and oxygen atoms in total. The van der Waals surface area contributed by atoms with Crippen molar-refractivity contribution in [2.24, 2.45) is 0 Å². The van der Waals surface area contributed by atoms with Gasteiger partial charge in [0, 0.05) is 13.1 Å². The van der Waals surface area contributed by atoms with Gasteiger partial charge < -0.3 is 19.8 Å². The summed E-state index contributed by atoms with van der Waals surface area (Å²) in [6.45, 7) is 1.48. The molecule has 2 aromatic heterocycles. The maximum atomic E-state index is 11.9. The van der Waals surface area contributed by atoms with Crippen LogP contribution in [0.3, 0.4) is 0 Å². The Labute approximate surface area is 206 Å². The van der Waals surface area contributed by atoms with Crippen molar-refractivity contribution in [3.05, 3.63) is 59.9 Å². The molecular weight excluding hydrogens is 503 g/mol. The highest BCUT2D eigenvalue weighted by atomic mass is 19.4. The first-order valence-electron chi connectivity index (χ1n) is 10.5. The van der Waals surface area contributed by atoms with Gasteiger partial charge in [0.05, 0.1) is 12.2 Å². The monoisotopic (exact) mass is 523 g/mol. The van der Waals surface area contributed by atoms with Crippen molar-refractivity contribution >= 4 is 29.7 Å². The van der Waals surface area contributed by atoms with Crippen LogP contribution in [0.4, 0.5) is 29.6 Å². The van der Waals surface area contributed by atoms with Crippen LogP contribution >= 0.6 is 0 Å². The van der Waals surface area contributed by atoms with Crippen LogP contribution in [-0.2, 0) is 16.1 Å². The van der Waals surface area contributed by atoms with Crippen LogP contribution in [0, 0.1) is 0 Å². The molecule has 0 aliphatic carbocycles. The molecule has 196 valence electrons. The zero-order valence-electron chi connectivity index (χ0n) is 18.9. The lowest BCUT2D eigenvalue weighted by Gasteiger charge is -2.17. The molecule has 0 bridgehead atoms. The minimum Gasteiger partial charge on any atom is -0.476 e. The maximum absolute atomic E-state index is 11.9. The molecule has 1 aromatic carbocycles. The third-order valence-corrected chi connectivity index (χ3v) is 4.93. The summed E-state index contributed by atoms with van der Waals surface area (Å²) < 4.78 is 38.5. The Balaban J connectivity index is 0.000000479. The van der Waals surface area contributed by atoms with E-state index in [0.29, 0.717) is 18.9 Å². The number of hydrogen-bond donors (Lipinski definition) is 3. The highest BCUT2D eigenvalue weighted by Crippen LogP contribution is 2.25. The number of carboxylic acid groups (broad SMARTS) is 2. The number of benzene rings is 1. The average Bonchev–Trinajstić information content (AvgIpc) is 3.54. The van der Waals surface area contributed by atoms with Gasteiger partial charge in [-0.05, 0) is 24.1 Å². The van der Waals surface area contributed by atoms with Gasteiger partial charge in [0.1, 0.15) is 6.61 Å². The number of rotatable bonds is 6. The van der Waals surface area contributed by atoms with Gasteiger partial charge in [-0.2, -0.15) is 13.2 Å². The maximum Gasteiger partial charge on any atom is 0.490 e. The fourth-order valence-electron chi connectivity index (χ4n) is 3.14. The van der Waals surface area contributed by atoms with Gasteiger partial charge in [0.15, 0.2) is 17.3 Å². The molecule has 16 heteroatoms. The summed E-state index contributed by atoms with van der Waals surface area (Å²) in [6, 6.07) is 12.8. The molecule has 3 N–H and O–H groups in total. The zero-order valence-corrected chi connectivity index (χ0v) is 18.9. The van der Waals surface area contributed by atoms with E-state index in [2.05, 4.69) is 25.8 Å². The Kier molecular flexibility index (Phi) is 8.55. The fourth-order valence-corrected chi connectivity index (χ4v) is 3.14. The number of carboxylic acids is 2. The molecule has 37 heavy (non-hydrogen) atoms. The summed E-state index contributed by atoms with van der Waals surface area (Å²) >= 11 is 0. The van der Waals surface area contributed by atoms with E-state index >= 15 is 0 Å². The van der Waals surface area contributed by atoms with E-state index in [1.807, 2.05) is 35.2 Å². The number of nitrogens with one attached hydrogen (secondary N) is 1. The number of hydrogen-bond acceptors (Lipinski definition) is 9. The molecular formula is C21H20F3N7O6. The van der Waals surface area contributed by atoms with Gasteiger partial charge in [-0.15, -0.1) is 15.3 Å². The number of nitrogens with zero attached hydrogens (tertiary/aromatic N) is 6. The van der Waals surface area contributed by atoms with E-state index in [0.717, 1.165) is 12.0 Å². The number of carbonyl (C=O) groups excluding carboxylic acids is 1. The summed E-state index contributed by atoms with van der Waals surface area (Å²) in [5.74, 6) is -2.92. The summed E-state index contributed by atoms with van der Waals surface area (Å²) in [5, 5.41) is 34.4. The SMILES string of the molecule is O=C(Nc1ccc(N2CCC(n3cc(C(=O)O)nn3)C2)nn1)OCc1ccccc1.O=C(O)C(F)(F)F. The largest absolute Gasteiger partial charge is 0.490 e. The smallest absolute Gasteiger partial charge is 0.476 e. The van der Waals surface area contributed by atoms with Crippen molar-refractivity contribution in [1.82, 2.24) is 25.2 Å². The summed E-state index contributed by atoms with van der Waals surface area (Å²) in [4.78, 5) is 33.8. The number of aliphatic carboxylic acids is 1. The van der Waals surface area contributed by atoms with E-state index in [4.69, 9.17) is 19.7 Å². The Hall–Kier alpha value is -4.76. The summed E-state index contributed by atoms with van der Waals surface area (Å²) in [5.41, 5.74) is 0.809. The number of carbonyl (C=O) groups is 3. The molecule has 1 aliphatic heterocycles. The Morgan fingerprint density at radius 1 is 1.05 bits per heavy atom. The van der Waals surface area contributed by atoms with E-state index in [-0.39, 0.29) is 24.2 Å². The highest BCUT2D eigenvalue weighted by molar-refractivity contribution is 5.84. The molecule has 0 spiro atoms. The van der Waals surface area contributed by atoms with Gasteiger partial charge >= 0.3 is 24.2 Å². The Morgan fingerprint density at radius 2 is 1.76 bits per heavy atom. The lowest BCUT2D eigenvalue weighted by Crippen LogP contribution is -2.23. The summed E-state index contributed by atoms with van der Waals surface area (Å²) in [6.07, 6.45) is -3.49. The van der Waals surface area contributed by atoms with Gasteiger partial charge in [-0.1, -0.05) is 35.5 Å². The van der Waals surface area contributed by atoms with Crippen LogP contribution in [0.15, 0.2) is 48.7 Å². The zero-order chi connectivity index (χ0) is 27.0. The van der Waals surface area contributed by atoms with Crippen LogP contribution < -0.4 is 10.2 Å². The van der Waals surface area contributed by atoms with Gasteiger partial charge in [0.25, 0.3) is 0 Å². The number of halogens is 3. The number of amides is 1. The minimum absolute atomic E-state index is 0.00170. The van der Waals surface area contributed by atoms with Crippen molar-refractivity contribution < 1.29 is 42.5 Å². The molecule has 4 rings (SSSR count). The Bertz CT molecular complexity index is 1220. The lowest BCUT2D eigenvalue weighted by atomic mass is 10.2. The number of alkyl halides is 3. The van der Waals surface area contributed by atoms with Gasteiger partial charge in [-0.25, -0.2) is 19.1 Å². The first kappa shape index (κ1) is 26.8. The van der Waals surface area contributed by atoms with Crippen LogP contribution in [-0.4, -0.2) is 72.7 Å². The molecule has 1 amide bonds. The normalized spacial score (nSPS) is 14.9. The Morgan fingerprint density at radius 3 is 2.32 bits per heavy atom. The van der Waals surface area contributed by atoms with Crippen LogP contribution in [0.5, 0.6) is 0 Å². The fraction of sp³-hybridized carbons (Fsp3) is 0.286. The predicted molar refractivity (Wildman–Crippen MR) is 119 cm³/mol. The first-order chi connectivity index (χ1) is 17.5. The minimum atomic E-state index is -5.08. The second kappa shape index (κ2) is 11.8. The standard InChI is InChI=1S/C19H19N7O4.C2HF3O2/c27-18(28)15-11-26(24-21-15)14-8-9-25(10-14)17-7-6-16(22-23-17)20-19(29)30-12-13-4-2-1-3-5-13;3-2(4,5)1(6)7/h1-7,11,14H,8-10,12H2,(H,27,28)(H,20,22,29);(H,6,7). The van der Waals surface area contributed by atoms with Crippen molar-refractivity contribution in [3.63, 3.8) is 0 Å². The number of aromatic nitrogens is 5. The van der Waals surface area contributed by atoms with Crippen molar-refractivity contribution in [2.45, 2.75) is 25.2 Å². The topological polar surface area (TPSA) is 173 Å². The molecule has 0 saturated carbocycles. The van der Waals surface area contributed by atoms with Crippen molar-refractivity contribution in [2.75, 3.05) is 23.3 Å². The van der Waals surface area contributed by atoms with E-state index in [1.54, 1.807) is 16.8 Å². The second-order valence-electron chi connectivity index (χ2n) is 7.54. The second-order valence-corrected chi connectivity index (χ2v) is 7.54. The molecule has 1 saturated heterocycles. The van der Waals surface area contributed by atoms with Crippen molar-refractivity contribution in [1.29, 1.82) is 0 Å². The quantitative estimate of drug-likeness (QED) is 0.433. The van der Waals surface area contributed by atoms with Crippen LogP contribution in [0.2, 0.25) is 0 Å². The van der Waals surface area contributed by atoms with E-state index in [1.165, 1.54) is 6.20 Å². The molecule has 1 aliphatic rings. The van der Waals surface area contributed by atoms with Gasteiger partial charge in [0.2, 0.25) is 0 Å². The first-order valence-corrected chi connectivity index (χ1v) is 10.5. The van der Waals surface area contributed by atoms with Crippen molar-refractivity contribution in [3.8, 4) is 0 Å². The van der Waals surface area contributed by atoms with E-state index in [9.17, 15) is 22.8 Å². The summed E-state index contributed by atoms with van der Waals surface area (Å²) in [7, 11) is 0. The third kappa shape index (κ3) is 7.87. The molecule has 3 aromatic rings. The third-order valence-electron chi connectivity index (χ3n) is 4.93. The number of ether oxygens (including phenoxy) is 1. The number of anilines is 2. The van der Waals surface area contributed by atoms with E-state index < -0.39 is 24.2 Å². The van der Waals surface area contributed by atoms with Gasteiger partial charge in [-0.3, -0.25) is 5.32 Å².